The third kappa shape index (κ3) is 2.47. The Kier molecular flexibility index (Phi) is 3.45. The SMILES string of the molecule is O=C(NNC(=O)c1cccc2cn[nH]c12)c1ccccc1O. The number of H-pyrrole nitrogens is 1. The second-order valence-corrected chi connectivity index (χ2v) is 4.57. The molecule has 0 saturated heterocycles. The van der Waals surface area contributed by atoms with Crippen LogP contribution in [0.2, 0.25) is 0 Å². The van der Waals surface area contributed by atoms with Crippen LogP contribution in [0.1, 0.15) is 20.7 Å². The molecular formula is C15H12N4O3. The van der Waals surface area contributed by atoms with Crippen molar-refractivity contribution in [1.82, 2.24) is 21.0 Å². The lowest BCUT2D eigenvalue weighted by Gasteiger charge is -2.08. The smallest absolute Gasteiger partial charge is 0.273 e. The van der Waals surface area contributed by atoms with E-state index in [0.29, 0.717) is 11.1 Å². The Morgan fingerprint density at radius 2 is 1.64 bits per heavy atom. The van der Waals surface area contributed by atoms with Crippen molar-refractivity contribution in [3.05, 3.63) is 59.8 Å². The Bertz CT molecular complexity index is 857. The van der Waals surface area contributed by atoms with Crippen LogP contribution < -0.4 is 10.9 Å². The summed E-state index contributed by atoms with van der Waals surface area (Å²) < 4.78 is 0. The van der Waals surface area contributed by atoms with Gasteiger partial charge in [0.25, 0.3) is 11.8 Å². The van der Waals surface area contributed by atoms with Gasteiger partial charge in [0.05, 0.1) is 22.8 Å². The fraction of sp³-hybridized carbons (Fsp3) is 0. The first-order valence-electron chi connectivity index (χ1n) is 6.47. The number of aromatic nitrogens is 2. The molecule has 3 rings (SSSR count). The van der Waals surface area contributed by atoms with Crippen LogP contribution >= 0.6 is 0 Å². The third-order valence-corrected chi connectivity index (χ3v) is 3.16. The number of phenolic OH excluding ortho intramolecular Hbond substituents is 1. The molecular weight excluding hydrogens is 284 g/mol. The zero-order valence-corrected chi connectivity index (χ0v) is 11.3. The zero-order chi connectivity index (χ0) is 15.5. The van der Waals surface area contributed by atoms with E-state index in [-0.39, 0.29) is 11.3 Å². The molecule has 0 fully saturated rings. The summed E-state index contributed by atoms with van der Waals surface area (Å²) in [6, 6.07) is 11.2. The Morgan fingerprint density at radius 3 is 2.41 bits per heavy atom. The van der Waals surface area contributed by atoms with E-state index in [4.69, 9.17) is 0 Å². The molecule has 0 aliphatic heterocycles. The molecule has 0 bridgehead atoms. The van der Waals surface area contributed by atoms with Crippen molar-refractivity contribution in [2.75, 3.05) is 0 Å². The average molecular weight is 296 g/mol. The molecule has 7 nitrogen and oxygen atoms in total. The molecule has 2 amide bonds. The van der Waals surface area contributed by atoms with E-state index in [9.17, 15) is 14.7 Å². The Balaban J connectivity index is 1.74. The van der Waals surface area contributed by atoms with Gasteiger partial charge >= 0.3 is 0 Å². The van der Waals surface area contributed by atoms with Crippen molar-refractivity contribution in [2.45, 2.75) is 0 Å². The monoisotopic (exact) mass is 296 g/mol. The van der Waals surface area contributed by atoms with Crippen molar-refractivity contribution in [1.29, 1.82) is 0 Å². The van der Waals surface area contributed by atoms with Gasteiger partial charge < -0.3 is 5.11 Å². The van der Waals surface area contributed by atoms with Gasteiger partial charge in [-0.05, 0) is 18.2 Å². The van der Waals surface area contributed by atoms with Gasteiger partial charge in [-0.3, -0.25) is 25.5 Å². The summed E-state index contributed by atoms with van der Waals surface area (Å²) in [5.74, 6) is -1.26. The summed E-state index contributed by atoms with van der Waals surface area (Å²) >= 11 is 0. The Morgan fingerprint density at radius 1 is 0.955 bits per heavy atom. The normalized spacial score (nSPS) is 10.4. The van der Waals surface area contributed by atoms with Gasteiger partial charge in [-0.15, -0.1) is 0 Å². The minimum atomic E-state index is -0.608. The molecule has 0 saturated carbocycles. The molecule has 0 aliphatic rings. The predicted molar refractivity (Wildman–Crippen MR) is 79.1 cm³/mol. The standard InChI is InChI=1S/C15H12N4O3/c20-12-7-2-1-5-10(12)14(21)18-19-15(22)11-6-3-4-9-8-16-17-13(9)11/h1-8,20H,(H,16,17)(H,18,21)(H,19,22). The molecule has 0 spiro atoms. The largest absolute Gasteiger partial charge is 0.507 e. The van der Waals surface area contributed by atoms with Gasteiger partial charge in [0.1, 0.15) is 5.75 Å². The first kappa shape index (κ1) is 13.6. The van der Waals surface area contributed by atoms with Crippen molar-refractivity contribution in [2.24, 2.45) is 0 Å². The first-order chi connectivity index (χ1) is 10.7. The Hall–Kier alpha value is -3.35. The van der Waals surface area contributed by atoms with E-state index in [2.05, 4.69) is 21.0 Å². The minimum absolute atomic E-state index is 0.0718. The highest BCUT2D eigenvalue weighted by molar-refractivity contribution is 6.06. The van der Waals surface area contributed by atoms with Crippen LogP contribution in [0.15, 0.2) is 48.7 Å². The van der Waals surface area contributed by atoms with Crippen molar-refractivity contribution < 1.29 is 14.7 Å². The lowest BCUT2D eigenvalue weighted by Crippen LogP contribution is -2.41. The fourth-order valence-corrected chi connectivity index (χ4v) is 2.07. The molecule has 0 unspecified atom stereocenters. The predicted octanol–water partition coefficient (Wildman–Crippen LogP) is 1.34. The number of benzene rings is 2. The number of aromatic hydroxyl groups is 1. The minimum Gasteiger partial charge on any atom is -0.507 e. The number of rotatable bonds is 2. The topological polar surface area (TPSA) is 107 Å². The molecule has 3 aromatic rings. The molecule has 0 aliphatic carbocycles. The van der Waals surface area contributed by atoms with Crippen molar-refractivity contribution >= 4 is 22.7 Å². The van der Waals surface area contributed by atoms with Crippen LogP contribution in [-0.2, 0) is 0 Å². The van der Waals surface area contributed by atoms with E-state index < -0.39 is 11.8 Å². The van der Waals surface area contributed by atoms with Gasteiger partial charge in [-0.25, -0.2) is 0 Å². The fourth-order valence-electron chi connectivity index (χ4n) is 2.07. The van der Waals surface area contributed by atoms with Crippen molar-refractivity contribution in [3.63, 3.8) is 0 Å². The van der Waals surface area contributed by atoms with Gasteiger partial charge in [-0.1, -0.05) is 24.3 Å². The first-order valence-corrected chi connectivity index (χ1v) is 6.47. The molecule has 110 valence electrons. The number of hydrogen-bond acceptors (Lipinski definition) is 4. The summed E-state index contributed by atoms with van der Waals surface area (Å²) in [6.07, 6.45) is 1.60. The van der Waals surface area contributed by atoms with E-state index >= 15 is 0 Å². The van der Waals surface area contributed by atoms with Crippen LogP contribution in [0.5, 0.6) is 5.75 Å². The maximum Gasteiger partial charge on any atom is 0.273 e. The Labute approximate surface area is 124 Å². The summed E-state index contributed by atoms with van der Waals surface area (Å²) in [6.45, 7) is 0. The number of carbonyl (C=O) groups is 2. The molecule has 7 heteroatoms. The second kappa shape index (κ2) is 5.57. The number of carbonyl (C=O) groups excluding carboxylic acids is 2. The lowest BCUT2D eigenvalue weighted by molar-refractivity contribution is 0.0846. The molecule has 2 aromatic carbocycles. The maximum atomic E-state index is 12.1. The second-order valence-electron chi connectivity index (χ2n) is 4.57. The van der Waals surface area contributed by atoms with Crippen LogP contribution in [0.25, 0.3) is 10.9 Å². The van der Waals surface area contributed by atoms with E-state index in [0.717, 1.165) is 5.39 Å². The summed E-state index contributed by atoms with van der Waals surface area (Å²) in [7, 11) is 0. The third-order valence-electron chi connectivity index (χ3n) is 3.16. The number of para-hydroxylation sites is 2. The van der Waals surface area contributed by atoms with Crippen molar-refractivity contribution in [3.8, 4) is 5.75 Å². The number of phenols is 1. The molecule has 4 N–H and O–H groups in total. The van der Waals surface area contributed by atoms with Crippen LogP contribution in [-0.4, -0.2) is 27.1 Å². The van der Waals surface area contributed by atoms with Gasteiger partial charge in [0, 0.05) is 5.39 Å². The quantitative estimate of drug-likeness (QED) is 0.535. The van der Waals surface area contributed by atoms with Gasteiger partial charge in [0.2, 0.25) is 0 Å². The number of hydrazine groups is 1. The van der Waals surface area contributed by atoms with Gasteiger partial charge in [-0.2, -0.15) is 5.10 Å². The molecule has 22 heavy (non-hydrogen) atoms. The highest BCUT2D eigenvalue weighted by Gasteiger charge is 2.14. The molecule has 0 atom stereocenters. The summed E-state index contributed by atoms with van der Waals surface area (Å²) in [5.41, 5.74) is 5.58. The van der Waals surface area contributed by atoms with Crippen LogP contribution in [0.4, 0.5) is 0 Å². The molecule has 1 heterocycles. The number of aromatic amines is 1. The average Bonchev–Trinajstić information content (AvgIpc) is 3.01. The molecule has 1 aromatic heterocycles. The molecule has 0 radical (unpaired) electrons. The number of nitrogens with one attached hydrogen (secondary N) is 3. The maximum absolute atomic E-state index is 12.1. The lowest BCUT2D eigenvalue weighted by atomic mass is 10.1. The zero-order valence-electron chi connectivity index (χ0n) is 11.3. The number of amides is 2. The summed E-state index contributed by atoms with van der Waals surface area (Å²) in [5, 5.41) is 17.0. The van der Waals surface area contributed by atoms with Gasteiger partial charge in [0.15, 0.2) is 0 Å². The highest BCUT2D eigenvalue weighted by atomic mass is 16.3. The number of fused-ring (bicyclic) bond motifs is 1. The van der Waals surface area contributed by atoms with E-state index in [1.54, 1.807) is 30.5 Å². The summed E-state index contributed by atoms with van der Waals surface area (Å²) in [4.78, 5) is 24.1. The highest BCUT2D eigenvalue weighted by Crippen LogP contribution is 2.16. The van der Waals surface area contributed by atoms with E-state index in [1.165, 1.54) is 12.1 Å². The number of nitrogens with zero attached hydrogens (tertiary/aromatic N) is 1. The van der Waals surface area contributed by atoms with Crippen LogP contribution in [0.3, 0.4) is 0 Å². The van der Waals surface area contributed by atoms with E-state index in [1.807, 2.05) is 6.07 Å². The number of hydrogen-bond donors (Lipinski definition) is 4. The van der Waals surface area contributed by atoms with Crippen LogP contribution in [0, 0.1) is 0 Å².